The summed E-state index contributed by atoms with van der Waals surface area (Å²) in [5.41, 5.74) is 1.17. The topological polar surface area (TPSA) is 12.0 Å². The molecule has 0 spiro atoms. The second-order valence-electron chi connectivity index (χ2n) is 3.31. The standard InChI is InChI=1S/C10H11Cl2N.ClH/c11-7-3-4-8(9(12)6-7)10-2-1-5-13-10;/h3-4,6,10,13H,1-2,5H2;1H. The molecule has 1 saturated heterocycles. The fourth-order valence-corrected chi connectivity index (χ4v) is 2.27. The van der Waals surface area contributed by atoms with Crippen molar-refractivity contribution >= 4 is 35.6 Å². The van der Waals surface area contributed by atoms with Crippen molar-refractivity contribution in [3.05, 3.63) is 33.8 Å². The SMILES string of the molecule is Cl.Clc1ccc(C2CCCN2)c(Cl)c1. The third-order valence-corrected chi connectivity index (χ3v) is 2.96. The lowest BCUT2D eigenvalue weighted by Crippen LogP contribution is -2.13. The van der Waals surface area contributed by atoms with Crippen LogP contribution in [-0.4, -0.2) is 6.54 Å². The highest BCUT2D eigenvalue weighted by molar-refractivity contribution is 6.35. The van der Waals surface area contributed by atoms with Gasteiger partial charge in [0.2, 0.25) is 0 Å². The predicted molar refractivity (Wildman–Crippen MR) is 63.7 cm³/mol. The quantitative estimate of drug-likeness (QED) is 0.801. The van der Waals surface area contributed by atoms with Gasteiger partial charge in [0.25, 0.3) is 0 Å². The Kier molecular flexibility index (Phi) is 4.52. The highest BCUT2D eigenvalue weighted by Gasteiger charge is 2.18. The smallest absolute Gasteiger partial charge is 0.0468 e. The van der Waals surface area contributed by atoms with Gasteiger partial charge in [-0.1, -0.05) is 29.3 Å². The highest BCUT2D eigenvalue weighted by atomic mass is 35.5. The summed E-state index contributed by atoms with van der Waals surface area (Å²) in [5, 5.41) is 4.88. The van der Waals surface area contributed by atoms with Crippen LogP contribution in [0, 0.1) is 0 Å². The summed E-state index contributed by atoms with van der Waals surface area (Å²) >= 11 is 11.9. The van der Waals surface area contributed by atoms with Crippen LogP contribution in [0.3, 0.4) is 0 Å². The Bertz CT molecular complexity index is 308. The predicted octanol–water partition coefficient (Wildman–Crippen LogP) is 3.84. The van der Waals surface area contributed by atoms with Gasteiger partial charge in [-0.25, -0.2) is 0 Å². The zero-order valence-corrected chi connectivity index (χ0v) is 9.92. The van der Waals surface area contributed by atoms with Crippen molar-refractivity contribution < 1.29 is 0 Å². The second kappa shape index (κ2) is 5.22. The molecule has 2 rings (SSSR count). The summed E-state index contributed by atoms with van der Waals surface area (Å²) in [6.45, 7) is 1.09. The Labute approximate surface area is 100 Å². The molecule has 1 aromatic rings. The van der Waals surface area contributed by atoms with Gasteiger partial charge in [-0.05, 0) is 37.1 Å². The van der Waals surface area contributed by atoms with E-state index in [4.69, 9.17) is 23.2 Å². The maximum atomic E-state index is 6.09. The van der Waals surface area contributed by atoms with E-state index in [1.165, 1.54) is 18.4 Å². The molecular weight excluding hydrogens is 240 g/mol. The average molecular weight is 253 g/mol. The van der Waals surface area contributed by atoms with Crippen LogP contribution in [0.2, 0.25) is 10.0 Å². The van der Waals surface area contributed by atoms with Crippen LogP contribution < -0.4 is 5.32 Å². The molecule has 1 aliphatic heterocycles. The number of nitrogens with one attached hydrogen (secondary N) is 1. The summed E-state index contributed by atoms with van der Waals surface area (Å²) < 4.78 is 0. The summed E-state index contributed by atoms with van der Waals surface area (Å²) in [6, 6.07) is 6.12. The molecule has 0 bridgehead atoms. The lowest BCUT2D eigenvalue weighted by molar-refractivity contribution is 0.648. The van der Waals surface area contributed by atoms with Crippen LogP contribution in [0.4, 0.5) is 0 Å². The van der Waals surface area contributed by atoms with E-state index in [1.54, 1.807) is 6.07 Å². The van der Waals surface area contributed by atoms with Crippen LogP contribution in [0.15, 0.2) is 18.2 Å². The van der Waals surface area contributed by atoms with Gasteiger partial charge in [0.1, 0.15) is 0 Å². The minimum absolute atomic E-state index is 0. The molecule has 4 heteroatoms. The third kappa shape index (κ3) is 2.54. The molecule has 1 aromatic carbocycles. The molecule has 0 aliphatic carbocycles. The minimum atomic E-state index is 0. The Morgan fingerprint density at radius 3 is 2.64 bits per heavy atom. The molecule has 1 N–H and O–H groups in total. The van der Waals surface area contributed by atoms with Crippen molar-refractivity contribution in [2.45, 2.75) is 18.9 Å². The van der Waals surface area contributed by atoms with Crippen molar-refractivity contribution in [2.24, 2.45) is 0 Å². The van der Waals surface area contributed by atoms with Crippen molar-refractivity contribution in [2.75, 3.05) is 6.54 Å². The normalized spacial score (nSPS) is 20.6. The lowest BCUT2D eigenvalue weighted by atomic mass is 10.1. The first-order valence-corrected chi connectivity index (χ1v) is 5.21. The Morgan fingerprint density at radius 2 is 2.07 bits per heavy atom. The van der Waals surface area contributed by atoms with Crippen molar-refractivity contribution in [1.29, 1.82) is 0 Å². The summed E-state index contributed by atoms with van der Waals surface area (Å²) in [7, 11) is 0. The van der Waals surface area contributed by atoms with Crippen molar-refractivity contribution in [3.63, 3.8) is 0 Å². The molecule has 14 heavy (non-hydrogen) atoms. The molecule has 0 radical (unpaired) electrons. The van der Waals surface area contributed by atoms with Crippen LogP contribution >= 0.6 is 35.6 Å². The van der Waals surface area contributed by atoms with Crippen LogP contribution in [-0.2, 0) is 0 Å². The van der Waals surface area contributed by atoms with E-state index < -0.39 is 0 Å². The third-order valence-electron chi connectivity index (χ3n) is 2.40. The van der Waals surface area contributed by atoms with Gasteiger partial charge in [0.05, 0.1) is 0 Å². The van der Waals surface area contributed by atoms with E-state index in [2.05, 4.69) is 5.32 Å². The number of hydrogen-bond acceptors (Lipinski definition) is 1. The van der Waals surface area contributed by atoms with Gasteiger partial charge < -0.3 is 5.32 Å². The van der Waals surface area contributed by atoms with E-state index in [0.717, 1.165) is 11.6 Å². The van der Waals surface area contributed by atoms with Crippen LogP contribution in [0.5, 0.6) is 0 Å². The monoisotopic (exact) mass is 251 g/mol. The van der Waals surface area contributed by atoms with Crippen molar-refractivity contribution in [1.82, 2.24) is 5.32 Å². The molecular formula is C10H12Cl3N. The lowest BCUT2D eigenvalue weighted by Gasteiger charge is -2.12. The molecule has 0 amide bonds. The number of rotatable bonds is 1. The van der Waals surface area contributed by atoms with Crippen LogP contribution in [0.1, 0.15) is 24.4 Å². The van der Waals surface area contributed by atoms with Gasteiger partial charge in [-0.2, -0.15) is 0 Å². The summed E-state index contributed by atoms with van der Waals surface area (Å²) in [6.07, 6.45) is 2.39. The maximum Gasteiger partial charge on any atom is 0.0468 e. The van der Waals surface area contributed by atoms with Gasteiger partial charge in [0, 0.05) is 16.1 Å². The molecule has 0 saturated carbocycles. The Morgan fingerprint density at radius 1 is 1.29 bits per heavy atom. The fraction of sp³-hybridized carbons (Fsp3) is 0.400. The van der Waals surface area contributed by atoms with Crippen LogP contribution in [0.25, 0.3) is 0 Å². The Balaban J connectivity index is 0.000000980. The first kappa shape index (κ1) is 12.1. The number of benzene rings is 1. The molecule has 0 aromatic heterocycles. The molecule has 1 aliphatic rings. The minimum Gasteiger partial charge on any atom is -0.310 e. The fourth-order valence-electron chi connectivity index (χ4n) is 1.73. The Hall–Kier alpha value is 0.0500. The molecule has 1 fully saturated rings. The van der Waals surface area contributed by atoms with E-state index in [0.29, 0.717) is 11.1 Å². The highest BCUT2D eigenvalue weighted by Crippen LogP contribution is 2.30. The molecule has 1 heterocycles. The van der Waals surface area contributed by atoms with Gasteiger partial charge in [0.15, 0.2) is 0 Å². The molecule has 1 atom stereocenters. The van der Waals surface area contributed by atoms with Gasteiger partial charge in [-0.15, -0.1) is 12.4 Å². The second-order valence-corrected chi connectivity index (χ2v) is 4.16. The largest absolute Gasteiger partial charge is 0.310 e. The van der Waals surface area contributed by atoms with E-state index in [9.17, 15) is 0 Å². The average Bonchev–Trinajstić information content (AvgIpc) is 2.56. The zero-order chi connectivity index (χ0) is 9.26. The molecule has 78 valence electrons. The van der Waals surface area contributed by atoms with E-state index in [-0.39, 0.29) is 12.4 Å². The van der Waals surface area contributed by atoms with Gasteiger partial charge in [-0.3, -0.25) is 0 Å². The molecule has 1 nitrogen and oxygen atoms in total. The first-order valence-electron chi connectivity index (χ1n) is 4.46. The first-order chi connectivity index (χ1) is 6.27. The van der Waals surface area contributed by atoms with Gasteiger partial charge >= 0.3 is 0 Å². The number of halogens is 3. The zero-order valence-electron chi connectivity index (χ0n) is 7.59. The van der Waals surface area contributed by atoms with E-state index in [1.807, 2.05) is 12.1 Å². The van der Waals surface area contributed by atoms with Crippen molar-refractivity contribution in [3.8, 4) is 0 Å². The summed E-state index contributed by atoms with van der Waals surface area (Å²) in [4.78, 5) is 0. The summed E-state index contributed by atoms with van der Waals surface area (Å²) in [5.74, 6) is 0. The maximum absolute atomic E-state index is 6.09. The molecule has 1 unspecified atom stereocenters. The number of hydrogen-bond donors (Lipinski definition) is 1. The van der Waals surface area contributed by atoms with E-state index >= 15 is 0 Å².